The molecule has 1 N–H and O–H groups in total. The molecule has 25 heteroatoms. The molecule has 3 heterocycles. The number of aromatic nitrogens is 3. The normalized spacial score (nSPS) is 13.2. The van der Waals surface area contributed by atoms with Gasteiger partial charge in [-0.2, -0.15) is 23.5 Å². The number of hydrogen-bond acceptors (Lipinski definition) is 12. The maximum atomic E-state index is 13.1. The molecule has 0 bridgehead atoms. The van der Waals surface area contributed by atoms with Gasteiger partial charge in [0.1, 0.15) is 25.5 Å². The van der Waals surface area contributed by atoms with Crippen molar-refractivity contribution in [3.8, 4) is 28.7 Å². The number of alkyl halides is 7. The van der Waals surface area contributed by atoms with E-state index in [9.17, 15) is 40.3 Å². The number of oxime groups is 2. The monoisotopic (exact) mass is 1080 g/mol. The van der Waals surface area contributed by atoms with Crippen LogP contribution in [0.4, 0.5) is 30.7 Å². The van der Waals surface area contributed by atoms with E-state index in [1.165, 1.54) is 78.0 Å². The number of fused-ring (bicyclic) bond motifs is 1. The Kier molecular flexibility index (Phi) is 19.3. The number of ether oxygens (including phenoxy) is 3. The van der Waals surface area contributed by atoms with Gasteiger partial charge in [0, 0.05) is 63.0 Å². The van der Waals surface area contributed by atoms with Gasteiger partial charge >= 0.3 is 18.4 Å². The van der Waals surface area contributed by atoms with Gasteiger partial charge in [-0.05, 0) is 61.7 Å². The average molecular weight is 1080 g/mol. The van der Waals surface area contributed by atoms with Crippen molar-refractivity contribution in [3.05, 3.63) is 157 Å². The predicted octanol–water partition coefficient (Wildman–Crippen LogP) is 12.0. The zero-order valence-corrected chi connectivity index (χ0v) is 41.3. The molecule has 6 aromatic rings. The van der Waals surface area contributed by atoms with Gasteiger partial charge in [-0.15, -0.1) is 8.78 Å². The van der Waals surface area contributed by atoms with E-state index in [4.69, 9.17) is 59.3 Å². The first kappa shape index (κ1) is 56.6. The van der Waals surface area contributed by atoms with Crippen LogP contribution in [0.25, 0.3) is 11.1 Å². The van der Waals surface area contributed by atoms with E-state index in [2.05, 4.69) is 29.9 Å². The van der Waals surface area contributed by atoms with Crippen LogP contribution in [-0.2, 0) is 50.3 Å². The topological polar surface area (TPSA) is 175 Å². The smallest absolute Gasteiger partial charge is 0.464 e. The highest BCUT2D eigenvalue weighted by Gasteiger charge is 2.45. The number of benzene rings is 4. The zero-order valence-electron chi connectivity index (χ0n) is 39.0. The standard InChI is InChI=1S/C20H19F3N2O4.C16H16Cl3F2N3O2.C12H6F2N2O2/c1-13(14-8-6-9-16(11-14)20(21,22)23)24-29-12-15-7-4-5-10-17(15)18(25-28-3)19(26)27-2;1-8(4-10-12(18)5-9(17)6-13(10)19)24(26-3)16(25)11-7-23(2)22-14(11)15(20)21;13-12(14)17-10-3-1-2-8(11(10)18-12)9-6-16-5-7(9)4-15/h4-11H,12H2,1-3H3;5-8,15H,4H2,1-3H3;1-3,5-6,16H/b24-13+,25-18+;;. The fraction of sp³-hybridized carbons (Fsp3) is 0.250. The van der Waals surface area contributed by atoms with E-state index >= 15 is 0 Å². The highest BCUT2D eigenvalue weighted by Crippen LogP contribution is 2.47. The Morgan fingerprint density at radius 3 is 2.25 bits per heavy atom. The molecule has 0 saturated carbocycles. The number of halogens is 10. The van der Waals surface area contributed by atoms with Crippen LogP contribution in [0.2, 0.25) is 15.1 Å². The van der Waals surface area contributed by atoms with Crippen LogP contribution in [0, 0.1) is 11.3 Å². The molecule has 15 nitrogen and oxygen atoms in total. The van der Waals surface area contributed by atoms with E-state index in [-0.39, 0.29) is 47.1 Å². The summed E-state index contributed by atoms with van der Waals surface area (Å²) in [5, 5.41) is 22.2. The fourth-order valence-electron chi connectivity index (χ4n) is 6.85. The maximum Gasteiger partial charge on any atom is 0.586 e. The van der Waals surface area contributed by atoms with E-state index in [0.717, 1.165) is 21.9 Å². The summed E-state index contributed by atoms with van der Waals surface area (Å²) < 4.78 is 106. The minimum Gasteiger partial charge on any atom is -0.464 e. The Morgan fingerprint density at radius 2 is 1.62 bits per heavy atom. The molecule has 7 rings (SSSR count). The van der Waals surface area contributed by atoms with Gasteiger partial charge in [-0.25, -0.2) is 18.6 Å². The first-order chi connectivity index (χ1) is 34.5. The number of nitriles is 1. The lowest BCUT2D eigenvalue weighted by molar-refractivity contribution is -0.286. The summed E-state index contributed by atoms with van der Waals surface area (Å²) in [6.07, 6.45) is -6.49. The van der Waals surface area contributed by atoms with Crippen molar-refractivity contribution in [2.45, 2.75) is 51.8 Å². The lowest BCUT2D eigenvalue weighted by Gasteiger charge is -2.27. The molecular weight excluding hydrogens is 1040 g/mol. The second-order valence-electron chi connectivity index (χ2n) is 15.1. The summed E-state index contributed by atoms with van der Waals surface area (Å²) in [4.78, 5) is 42.5. The number of carbonyl (C=O) groups excluding carboxylic acids is 2. The Morgan fingerprint density at radius 1 is 0.932 bits per heavy atom. The van der Waals surface area contributed by atoms with Crippen molar-refractivity contribution in [2.24, 2.45) is 17.4 Å². The molecule has 1 amide bonds. The number of para-hydroxylation sites is 1. The first-order valence-corrected chi connectivity index (χ1v) is 22.1. The number of aromatic amines is 1. The Balaban J connectivity index is 0.000000208. The molecular formula is C48H41Cl3F7N7O8. The number of rotatable bonds is 14. The average Bonchev–Trinajstić information content (AvgIpc) is 4.08. The van der Waals surface area contributed by atoms with Crippen molar-refractivity contribution >= 4 is 58.1 Å². The number of carbonyl (C=O) groups is 2. The van der Waals surface area contributed by atoms with Crippen molar-refractivity contribution < 1.29 is 69.0 Å². The van der Waals surface area contributed by atoms with E-state index in [1.54, 1.807) is 49.5 Å². The van der Waals surface area contributed by atoms with E-state index < -0.39 is 48.1 Å². The largest absolute Gasteiger partial charge is 0.586 e. The van der Waals surface area contributed by atoms with Crippen LogP contribution in [0.3, 0.4) is 0 Å². The second kappa shape index (κ2) is 24.9. The van der Waals surface area contributed by atoms with Crippen LogP contribution in [0.1, 0.15) is 69.7 Å². The number of aryl methyl sites for hydroxylation is 1. The van der Waals surface area contributed by atoms with Gasteiger partial charge in [0.25, 0.3) is 12.3 Å². The van der Waals surface area contributed by atoms with Crippen molar-refractivity contribution in [2.75, 3.05) is 21.3 Å². The van der Waals surface area contributed by atoms with Gasteiger partial charge < -0.3 is 28.9 Å². The Labute approximate surface area is 427 Å². The molecule has 0 saturated heterocycles. The van der Waals surface area contributed by atoms with Gasteiger partial charge in [0.2, 0.25) is 0 Å². The summed E-state index contributed by atoms with van der Waals surface area (Å²) in [5.74, 6) is -1.52. The van der Waals surface area contributed by atoms with Gasteiger partial charge in [-0.3, -0.25) is 14.3 Å². The molecule has 1 unspecified atom stereocenters. The van der Waals surface area contributed by atoms with Gasteiger partial charge in [-0.1, -0.05) is 93.6 Å². The molecule has 1 aliphatic heterocycles. The number of methoxy groups -OCH3 is 1. The highest BCUT2D eigenvalue weighted by molar-refractivity contribution is 6.43. The van der Waals surface area contributed by atoms with Crippen molar-refractivity contribution in [1.29, 1.82) is 5.26 Å². The Bertz CT molecular complexity index is 3010. The molecule has 2 aromatic heterocycles. The molecule has 4 aromatic carbocycles. The molecule has 0 fully saturated rings. The third-order valence-corrected chi connectivity index (χ3v) is 11.0. The SMILES string of the molecule is CO/N=C(/C(=O)OC)c1ccccc1CO/N=C(\C)c1cccc(C(F)(F)F)c1.CON(C(=O)c1cn(C)nc1C(F)F)C(C)Cc1c(Cl)cc(Cl)cc1Cl.N#Cc1c[nH]cc1-c1cccc2c1OC(F)(F)O2. The number of esters is 1. The predicted molar refractivity (Wildman–Crippen MR) is 254 cm³/mol. The third-order valence-electron chi connectivity index (χ3n) is 10.1. The van der Waals surface area contributed by atoms with Crippen molar-refractivity contribution in [1.82, 2.24) is 19.8 Å². The molecule has 0 spiro atoms. The number of nitrogens with one attached hydrogen (secondary N) is 1. The van der Waals surface area contributed by atoms with Crippen LogP contribution in [0.15, 0.2) is 108 Å². The van der Waals surface area contributed by atoms with Crippen LogP contribution in [0.5, 0.6) is 11.5 Å². The number of amides is 1. The minimum atomic E-state index is -4.44. The molecule has 1 aliphatic rings. The summed E-state index contributed by atoms with van der Waals surface area (Å²) in [5.41, 5.74) is 1.69. The lowest BCUT2D eigenvalue weighted by Crippen LogP contribution is -2.39. The first-order valence-electron chi connectivity index (χ1n) is 20.9. The van der Waals surface area contributed by atoms with Crippen LogP contribution >= 0.6 is 34.8 Å². The molecule has 1 atom stereocenters. The minimum absolute atomic E-state index is 0.0393. The molecule has 386 valence electrons. The summed E-state index contributed by atoms with van der Waals surface area (Å²) in [6, 6.07) is 20.6. The summed E-state index contributed by atoms with van der Waals surface area (Å²) in [6.45, 7) is 3.17. The number of nitrogens with zero attached hydrogens (tertiary/aromatic N) is 6. The van der Waals surface area contributed by atoms with E-state index in [1.807, 2.05) is 6.07 Å². The fourth-order valence-corrected chi connectivity index (χ4v) is 7.82. The lowest BCUT2D eigenvalue weighted by atomic mass is 10.0. The Hall–Kier alpha value is -7.32. The second-order valence-corrected chi connectivity index (χ2v) is 16.4. The van der Waals surface area contributed by atoms with Crippen molar-refractivity contribution in [3.63, 3.8) is 0 Å². The number of hydrogen-bond donors (Lipinski definition) is 1. The quantitative estimate of drug-likeness (QED) is 0.0478. The maximum absolute atomic E-state index is 13.1. The highest BCUT2D eigenvalue weighted by atomic mass is 35.5. The molecule has 73 heavy (non-hydrogen) atoms. The number of hydroxylamine groups is 2. The summed E-state index contributed by atoms with van der Waals surface area (Å²) in [7, 11) is 5.24. The third kappa shape index (κ3) is 14.4. The van der Waals surface area contributed by atoms with Crippen LogP contribution < -0.4 is 9.47 Å². The summed E-state index contributed by atoms with van der Waals surface area (Å²) >= 11 is 18.2. The molecule has 0 radical (unpaired) electrons. The zero-order chi connectivity index (χ0) is 53.8. The van der Waals surface area contributed by atoms with E-state index in [0.29, 0.717) is 48.4 Å². The number of H-pyrrole nitrogens is 1. The van der Waals surface area contributed by atoms with Gasteiger partial charge in [0.05, 0.1) is 42.7 Å². The molecule has 0 aliphatic carbocycles. The van der Waals surface area contributed by atoms with Gasteiger partial charge in [0.15, 0.2) is 17.2 Å². The van der Waals surface area contributed by atoms with Crippen LogP contribution in [-0.4, -0.2) is 76.8 Å².